The van der Waals surface area contributed by atoms with E-state index in [1.165, 1.54) is 17.8 Å². The number of rotatable bonds is 9. The van der Waals surface area contributed by atoms with E-state index in [-0.39, 0.29) is 29.9 Å². The fourth-order valence-corrected chi connectivity index (χ4v) is 2.67. The SMILES string of the molecule is CN=C(NCCC(C)c1ccc(OC)cc1)NCc1ccc(OCC(F)(F)F)nc1.I. The molecule has 1 heterocycles. The Kier molecular flexibility index (Phi) is 11.4. The largest absolute Gasteiger partial charge is 0.497 e. The van der Waals surface area contributed by atoms with Crippen LogP contribution in [0.5, 0.6) is 11.6 Å². The maximum absolute atomic E-state index is 12.2. The minimum Gasteiger partial charge on any atom is -0.497 e. The Morgan fingerprint density at radius 2 is 1.84 bits per heavy atom. The van der Waals surface area contributed by atoms with Crippen LogP contribution in [0.4, 0.5) is 13.2 Å². The van der Waals surface area contributed by atoms with Crippen molar-refractivity contribution in [3.8, 4) is 11.6 Å². The number of guanidine groups is 1. The maximum atomic E-state index is 12.2. The van der Waals surface area contributed by atoms with Gasteiger partial charge in [0.05, 0.1) is 7.11 Å². The monoisotopic (exact) mass is 552 g/mol. The highest BCUT2D eigenvalue weighted by molar-refractivity contribution is 14.0. The van der Waals surface area contributed by atoms with Crippen LogP contribution in [0.25, 0.3) is 0 Å². The van der Waals surface area contributed by atoms with E-state index >= 15 is 0 Å². The van der Waals surface area contributed by atoms with E-state index in [4.69, 9.17) is 4.74 Å². The Morgan fingerprint density at radius 1 is 1.13 bits per heavy atom. The van der Waals surface area contributed by atoms with Crippen molar-refractivity contribution in [1.29, 1.82) is 0 Å². The Bertz CT molecular complexity index is 800. The van der Waals surface area contributed by atoms with Gasteiger partial charge in [0.25, 0.3) is 0 Å². The molecule has 172 valence electrons. The molecule has 6 nitrogen and oxygen atoms in total. The zero-order valence-electron chi connectivity index (χ0n) is 17.7. The first-order chi connectivity index (χ1) is 14.3. The van der Waals surface area contributed by atoms with Crippen LogP contribution in [0, 0.1) is 0 Å². The predicted molar refractivity (Wildman–Crippen MR) is 125 cm³/mol. The van der Waals surface area contributed by atoms with Crippen molar-refractivity contribution in [3.05, 3.63) is 53.7 Å². The van der Waals surface area contributed by atoms with Gasteiger partial charge < -0.3 is 20.1 Å². The molecule has 1 unspecified atom stereocenters. The molecule has 0 amide bonds. The van der Waals surface area contributed by atoms with Crippen LogP contribution in [-0.2, 0) is 6.54 Å². The standard InChI is InChI=1S/C21H27F3N4O2.HI/c1-15(17-5-7-18(29-3)8-6-17)10-11-26-20(25-2)28-13-16-4-9-19(27-12-16)30-14-21(22,23)24;/h4-9,12,15H,10-11,13-14H2,1-3H3,(H2,25,26,28);1H. The van der Waals surface area contributed by atoms with Gasteiger partial charge in [0, 0.05) is 32.4 Å². The lowest BCUT2D eigenvalue weighted by Gasteiger charge is -2.15. The van der Waals surface area contributed by atoms with Crippen molar-refractivity contribution in [2.75, 3.05) is 27.3 Å². The van der Waals surface area contributed by atoms with Gasteiger partial charge in [-0.25, -0.2) is 4.98 Å². The van der Waals surface area contributed by atoms with Crippen molar-refractivity contribution < 1.29 is 22.6 Å². The summed E-state index contributed by atoms with van der Waals surface area (Å²) in [7, 11) is 3.32. The zero-order valence-corrected chi connectivity index (χ0v) is 20.0. The molecular weight excluding hydrogens is 524 g/mol. The van der Waals surface area contributed by atoms with Gasteiger partial charge in [0.2, 0.25) is 5.88 Å². The number of nitrogens with zero attached hydrogens (tertiary/aromatic N) is 2. The molecule has 0 saturated carbocycles. The summed E-state index contributed by atoms with van der Waals surface area (Å²) >= 11 is 0. The molecule has 2 aromatic rings. The summed E-state index contributed by atoms with van der Waals surface area (Å²) in [6.45, 7) is 1.96. The van der Waals surface area contributed by atoms with Gasteiger partial charge in [-0.3, -0.25) is 4.99 Å². The van der Waals surface area contributed by atoms with E-state index in [1.807, 2.05) is 12.1 Å². The molecule has 1 aromatic heterocycles. The molecule has 10 heteroatoms. The predicted octanol–water partition coefficient (Wildman–Crippen LogP) is 4.51. The van der Waals surface area contributed by atoms with Crippen LogP contribution in [0.2, 0.25) is 0 Å². The molecular formula is C21H28F3IN4O2. The molecule has 2 rings (SSSR count). The van der Waals surface area contributed by atoms with Gasteiger partial charge in [-0.05, 0) is 35.6 Å². The van der Waals surface area contributed by atoms with Crippen LogP contribution in [0.15, 0.2) is 47.6 Å². The van der Waals surface area contributed by atoms with Crippen molar-refractivity contribution in [3.63, 3.8) is 0 Å². The Morgan fingerprint density at radius 3 is 2.39 bits per heavy atom. The molecule has 2 N–H and O–H groups in total. The van der Waals surface area contributed by atoms with Gasteiger partial charge in [-0.2, -0.15) is 13.2 Å². The average molecular weight is 552 g/mol. The second-order valence-corrected chi connectivity index (χ2v) is 6.72. The van der Waals surface area contributed by atoms with E-state index in [0.29, 0.717) is 18.4 Å². The molecule has 0 aliphatic carbocycles. The van der Waals surface area contributed by atoms with Crippen molar-refractivity contribution in [2.24, 2.45) is 4.99 Å². The molecule has 0 radical (unpaired) electrons. The Balaban J connectivity index is 0.00000480. The number of methoxy groups -OCH3 is 1. The van der Waals surface area contributed by atoms with Crippen LogP contribution >= 0.6 is 24.0 Å². The number of halogens is 4. The quantitative estimate of drug-likeness (QED) is 0.273. The van der Waals surface area contributed by atoms with Crippen LogP contribution in [0.1, 0.15) is 30.4 Å². The molecule has 0 aliphatic rings. The van der Waals surface area contributed by atoms with Crippen molar-refractivity contribution >= 4 is 29.9 Å². The fourth-order valence-electron chi connectivity index (χ4n) is 2.67. The molecule has 0 saturated heterocycles. The number of nitrogens with one attached hydrogen (secondary N) is 2. The summed E-state index contributed by atoms with van der Waals surface area (Å²) in [4.78, 5) is 8.06. The van der Waals surface area contributed by atoms with Crippen molar-refractivity contribution in [2.45, 2.75) is 32.0 Å². The number of alkyl halides is 3. The number of aromatic nitrogens is 1. The number of ether oxygens (including phenoxy) is 2. The smallest absolute Gasteiger partial charge is 0.422 e. The molecule has 0 bridgehead atoms. The molecule has 0 spiro atoms. The third kappa shape index (κ3) is 10.1. The summed E-state index contributed by atoms with van der Waals surface area (Å²) in [5.41, 5.74) is 2.03. The second-order valence-electron chi connectivity index (χ2n) is 6.72. The van der Waals surface area contributed by atoms with E-state index in [0.717, 1.165) is 24.3 Å². The van der Waals surface area contributed by atoms with E-state index in [9.17, 15) is 13.2 Å². The average Bonchev–Trinajstić information content (AvgIpc) is 2.74. The summed E-state index contributed by atoms with van der Waals surface area (Å²) in [6, 6.07) is 11.1. The van der Waals surface area contributed by atoms with Gasteiger partial charge in [-0.15, -0.1) is 24.0 Å². The molecule has 0 fully saturated rings. The highest BCUT2D eigenvalue weighted by Gasteiger charge is 2.28. The zero-order chi connectivity index (χ0) is 22.0. The first kappa shape index (κ1) is 26.8. The number of pyridine rings is 1. The molecule has 1 aromatic carbocycles. The lowest BCUT2D eigenvalue weighted by atomic mass is 9.98. The molecule has 31 heavy (non-hydrogen) atoms. The van der Waals surface area contributed by atoms with Gasteiger partial charge in [-0.1, -0.05) is 25.1 Å². The number of benzene rings is 1. The maximum Gasteiger partial charge on any atom is 0.422 e. The molecule has 1 atom stereocenters. The highest BCUT2D eigenvalue weighted by Crippen LogP contribution is 2.21. The van der Waals surface area contributed by atoms with Crippen LogP contribution in [0.3, 0.4) is 0 Å². The second kappa shape index (κ2) is 13.2. The number of hydrogen-bond acceptors (Lipinski definition) is 4. The van der Waals surface area contributed by atoms with Gasteiger partial charge in [0.15, 0.2) is 12.6 Å². The Labute approximate surface area is 197 Å². The summed E-state index contributed by atoms with van der Waals surface area (Å²) in [5.74, 6) is 1.78. The lowest BCUT2D eigenvalue weighted by Crippen LogP contribution is -2.37. The lowest BCUT2D eigenvalue weighted by molar-refractivity contribution is -0.154. The highest BCUT2D eigenvalue weighted by atomic mass is 127. The number of aliphatic imine (C=N–C) groups is 1. The van der Waals surface area contributed by atoms with Crippen LogP contribution in [-0.4, -0.2) is 44.4 Å². The normalized spacial score (nSPS) is 12.5. The minimum absolute atomic E-state index is 0. The minimum atomic E-state index is -4.38. The summed E-state index contributed by atoms with van der Waals surface area (Å²) in [5, 5.41) is 6.41. The van der Waals surface area contributed by atoms with E-state index in [1.54, 1.807) is 20.2 Å². The third-order valence-electron chi connectivity index (χ3n) is 4.42. The first-order valence-corrected chi connectivity index (χ1v) is 9.53. The van der Waals surface area contributed by atoms with Gasteiger partial charge in [0.1, 0.15) is 5.75 Å². The summed E-state index contributed by atoms with van der Waals surface area (Å²) in [6.07, 6.45) is -2.00. The Hall–Kier alpha value is -2.24. The van der Waals surface area contributed by atoms with E-state index in [2.05, 4.69) is 44.4 Å². The van der Waals surface area contributed by atoms with Crippen molar-refractivity contribution in [1.82, 2.24) is 15.6 Å². The molecule has 0 aliphatic heterocycles. The van der Waals surface area contributed by atoms with Crippen LogP contribution < -0.4 is 20.1 Å². The fraction of sp³-hybridized carbons (Fsp3) is 0.429. The summed E-state index contributed by atoms with van der Waals surface area (Å²) < 4.78 is 46.3. The first-order valence-electron chi connectivity index (χ1n) is 9.53. The topological polar surface area (TPSA) is 67.8 Å². The third-order valence-corrected chi connectivity index (χ3v) is 4.42. The number of hydrogen-bond donors (Lipinski definition) is 2. The van der Waals surface area contributed by atoms with E-state index < -0.39 is 12.8 Å². The van der Waals surface area contributed by atoms with Gasteiger partial charge >= 0.3 is 6.18 Å².